The lowest BCUT2D eigenvalue weighted by Gasteiger charge is -2.26. The van der Waals surface area contributed by atoms with Gasteiger partial charge in [-0.15, -0.1) is 0 Å². The minimum atomic E-state index is -0.321. The van der Waals surface area contributed by atoms with Crippen LogP contribution in [-0.2, 0) is 43.3 Å². The van der Waals surface area contributed by atoms with Crippen molar-refractivity contribution < 1.29 is 0 Å². The minimum absolute atomic E-state index is 0. The Labute approximate surface area is 750 Å². The van der Waals surface area contributed by atoms with Gasteiger partial charge in [0.05, 0.1) is 0 Å². The standard InChI is InChI=1S/C126H102.CH4/c1-119(2)103-29-21-17-25-83(103)87-45-33-71(57-107(87)119)75-37-49-91-95-53-41-79(65-115(95)123(9,10)111(91)61-75)99-69-101(81-43-55-97-93-51-39-77(63-113(93)125(13,14)117(97)67-81)73-35-47-89-85-27-19-23-31-105(85)121(5,6)109(89)59-73)102(82-44-56-98-94-52-40-78(64-114(94)126(15,16)118(98)68-82)74-36-48-90-86-28-20-24-32-106(86)122(7,8)110(90)60-74)70-100(99)80-42-54-96-92-50-38-76(62-112(92)124(11,12)116(96)66-80)72-34-46-88-84-26-18-22-30-104(84)120(3,4)108(88)58-72;/h17-70H,1-16H3;1H4. The fourth-order valence-corrected chi connectivity index (χ4v) is 25.4. The second-order valence-corrected chi connectivity index (χ2v) is 42.3. The van der Waals surface area contributed by atoms with Gasteiger partial charge in [-0.3, -0.25) is 0 Å². The van der Waals surface area contributed by atoms with Crippen LogP contribution >= 0.6 is 0 Å². The average molecular weight is 1630 g/mol. The monoisotopic (exact) mass is 1630 g/mol. The summed E-state index contributed by atoms with van der Waals surface area (Å²) in [7, 11) is 0. The maximum atomic E-state index is 2.63. The maximum Gasteiger partial charge on any atom is 0.0159 e. The molecule has 127 heavy (non-hydrogen) atoms. The second-order valence-electron chi connectivity index (χ2n) is 42.3. The Morgan fingerprint density at radius 3 is 0.362 bits per heavy atom. The highest BCUT2D eigenvalue weighted by Crippen LogP contribution is 2.62. The van der Waals surface area contributed by atoms with Crippen LogP contribution in [0.2, 0.25) is 0 Å². The Balaban J connectivity index is 0.00000900. The van der Waals surface area contributed by atoms with Gasteiger partial charge >= 0.3 is 0 Å². The lowest BCUT2D eigenvalue weighted by Crippen LogP contribution is -2.16. The molecular weight excluding hydrogens is 1530 g/mol. The molecule has 0 heteroatoms. The van der Waals surface area contributed by atoms with Crippen molar-refractivity contribution in [3.8, 4) is 178 Å². The zero-order chi connectivity index (χ0) is 85.9. The molecule has 25 rings (SSSR count). The summed E-state index contributed by atoms with van der Waals surface area (Å²) in [6.45, 7) is 38.9. The molecule has 0 unspecified atom stereocenters. The summed E-state index contributed by atoms with van der Waals surface area (Å²) in [5.41, 5.74) is 61.5. The van der Waals surface area contributed by atoms with E-state index in [1.165, 1.54) is 267 Å². The van der Waals surface area contributed by atoms with Crippen LogP contribution in [0.15, 0.2) is 328 Å². The summed E-state index contributed by atoms with van der Waals surface area (Å²) in [6.07, 6.45) is 0. The molecule has 8 aliphatic carbocycles. The molecule has 0 aliphatic heterocycles. The molecule has 0 saturated carbocycles. The Morgan fingerprint density at radius 1 is 0.102 bits per heavy atom. The fraction of sp³-hybridized carbons (Fsp3) is 0.197. The van der Waals surface area contributed by atoms with Gasteiger partial charge in [0.1, 0.15) is 0 Å². The maximum absolute atomic E-state index is 2.63. The van der Waals surface area contributed by atoms with E-state index in [1.807, 2.05) is 0 Å². The van der Waals surface area contributed by atoms with Crippen molar-refractivity contribution in [2.24, 2.45) is 0 Å². The van der Waals surface area contributed by atoms with Crippen LogP contribution in [0.4, 0.5) is 0 Å². The van der Waals surface area contributed by atoms with Crippen molar-refractivity contribution in [3.05, 3.63) is 417 Å². The Kier molecular flexibility index (Phi) is 15.8. The van der Waals surface area contributed by atoms with Crippen LogP contribution in [0.25, 0.3) is 178 Å². The molecule has 614 valence electrons. The van der Waals surface area contributed by atoms with Crippen LogP contribution in [0, 0.1) is 0 Å². The van der Waals surface area contributed by atoms with Crippen LogP contribution in [0.1, 0.15) is 207 Å². The lowest BCUT2D eigenvalue weighted by atomic mass is 9.77. The highest BCUT2D eigenvalue weighted by Gasteiger charge is 2.45. The molecule has 0 nitrogen and oxygen atoms in total. The van der Waals surface area contributed by atoms with Gasteiger partial charge in [0.15, 0.2) is 0 Å². The van der Waals surface area contributed by atoms with E-state index in [4.69, 9.17) is 0 Å². The topological polar surface area (TPSA) is 0 Å². The highest BCUT2D eigenvalue weighted by molar-refractivity contribution is 6.01. The molecule has 0 heterocycles. The Hall–Kier alpha value is -13.3. The quantitative estimate of drug-likeness (QED) is 0.142. The van der Waals surface area contributed by atoms with Crippen LogP contribution in [-0.4, -0.2) is 0 Å². The first kappa shape index (κ1) is 77.3. The van der Waals surface area contributed by atoms with Crippen LogP contribution in [0.3, 0.4) is 0 Å². The van der Waals surface area contributed by atoms with E-state index in [9.17, 15) is 0 Å². The summed E-state index contributed by atoms with van der Waals surface area (Å²) in [5.74, 6) is 0. The normalized spacial score (nSPS) is 16.6. The van der Waals surface area contributed by atoms with Crippen molar-refractivity contribution in [2.75, 3.05) is 0 Å². The molecule has 17 aromatic rings. The Morgan fingerprint density at radius 2 is 0.213 bits per heavy atom. The largest absolute Gasteiger partial charge is 0.0776 e. The van der Waals surface area contributed by atoms with Crippen molar-refractivity contribution in [1.82, 2.24) is 0 Å². The van der Waals surface area contributed by atoms with E-state index in [2.05, 4.69) is 438 Å². The minimum Gasteiger partial charge on any atom is -0.0776 e. The molecule has 0 bridgehead atoms. The zero-order valence-corrected chi connectivity index (χ0v) is 75.2. The van der Waals surface area contributed by atoms with Crippen molar-refractivity contribution in [3.63, 3.8) is 0 Å². The highest BCUT2D eigenvalue weighted by atomic mass is 14.5. The number of hydrogen-bond donors (Lipinski definition) is 0. The molecule has 0 amide bonds. The molecule has 0 fully saturated rings. The van der Waals surface area contributed by atoms with Gasteiger partial charge in [-0.25, -0.2) is 0 Å². The van der Waals surface area contributed by atoms with E-state index in [0.29, 0.717) is 0 Å². The summed E-state index contributed by atoms with van der Waals surface area (Å²) in [4.78, 5) is 0. The van der Waals surface area contributed by atoms with Gasteiger partial charge in [-0.2, -0.15) is 0 Å². The van der Waals surface area contributed by atoms with E-state index in [0.717, 1.165) is 0 Å². The molecule has 0 spiro atoms. The molecular formula is C127H106. The Bertz CT molecular complexity index is 6890. The molecule has 8 aliphatic rings. The molecule has 0 aromatic heterocycles. The molecule has 0 atom stereocenters. The SMILES string of the molecule is C.CC1(C)c2ccccc2-c2ccc(-c3ccc4c(c3)C(C)(C)c3cc(-c5cc(-c6ccc7c(c6)C(C)(C)c6cc(-c8ccc9c(c8)C(C)(C)c8ccccc8-9)ccc6-7)c(-c6ccc7c(c6)C(C)(C)c6cc(-c8ccc9c(c8)C(C)(C)c8ccccc8-9)ccc6-7)cc5-c5ccc6c(c5)C(C)(C)c5cc(-c7ccc8c(c7)C(C)(C)c7ccccc7-8)ccc5-6)ccc3-4)cc21. The summed E-state index contributed by atoms with van der Waals surface area (Å²) in [5, 5.41) is 0. The summed E-state index contributed by atoms with van der Waals surface area (Å²) in [6, 6.07) is 130. The van der Waals surface area contributed by atoms with Crippen molar-refractivity contribution >= 4 is 0 Å². The van der Waals surface area contributed by atoms with E-state index in [1.54, 1.807) is 0 Å². The van der Waals surface area contributed by atoms with E-state index < -0.39 is 0 Å². The molecule has 0 saturated heterocycles. The molecule has 0 radical (unpaired) electrons. The first-order valence-electron chi connectivity index (χ1n) is 45.8. The van der Waals surface area contributed by atoms with Gasteiger partial charge in [-0.1, -0.05) is 361 Å². The first-order valence-corrected chi connectivity index (χ1v) is 45.8. The predicted molar refractivity (Wildman–Crippen MR) is 537 cm³/mol. The van der Waals surface area contributed by atoms with Gasteiger partial charge in [0.2, 0.25) is 0 Å². The van der Waals surface area contributed by atoms with Gasteiger partial charge in [0.25, 0.3) is 0 Å². The molecule has 17 aromatic carbocycles. The van der Waals surface area contributed by atoms with Crippen LogP contribution < -0.4 is 0 Å². The smallest absolute Gasteiger partial charge is 0.0159 e. The van der Waals surface area contributed by atoms with E-state index in [-0.39, 0.29) is 50.7 Å². The third-order valence-corrected chi connectivity index (χ3v) is 32.8. The van der Waals surface area contributed by atoms with Crippen LogP contribution in [0.5, 0.6) is 0 Å². The third kappa shape index (κ3) is 10.5. The molecule has 0 N–H and O–H groups in total. The number of fused-ring (bicyclic) bond motifs is 24. The van der Waals surface area contributed by atoms with Crippen molar-refractivity contribution in [1.29, 1.82) is 0 Å². The van der Waals surface area contributed by atoms with Crippen molar-refractivity contribution in [2.45, 2.75) is 162 Å². The number of rotatable bonds is 8. The second kappa shape index (κ2) is 26.0. The predicted octanol–water partition coefficient (Wildman–Crippen LogP) is 34.1. The fourth-order valence-electron chi connectivity index (χ4n) is 25.4. The lowest BCUT2D eigenvalue weighted by molar-refractivity contribution is 0.659. The van der Waals surface area contributed by atoms with E-state index >= 15 is 0 Å². The zero-order valence-electron chi connectivity index (χ0n) is 75.2. The van der Waals surface area contributed by atoms with Gasteiger partial charge in [-0.05, 0) is 352 Å². The first-order chi connectivity index (χ1) is 60.4. The number of benzene rings is 17. The average Bonchev–Trinajstić information content (AvgIpc) is 1.58. The third-order valence-electron chi connectivity index (χ3n) is 32.8. The van der Waals surface area contributed by atoms with Gasteiger partial charge in [0, 0.05) is 43.3 Å². The van der Waals surface area contributed by atoms with Gasteiger partial charge < -0.3 is 0 Å². The summed E-state index contributed by atoms with van der Waals surface area (Å²) >= 11 is 0. The summed E-state index contributed by atoms with van der Waals surface area (Å²) < 4.78 is 0. The number of hydrogen-bond acceptors (Lipinski definition) is 0.